The molecule has 28 heavy (non-hydrogen) atoms. The lowest BCUT2D eigenvalue weighted by atomic mass is 10.2. The molecule has 144 valence electrons. The van der Waals surface area contributed by atoms with Crippen LogP contribution >= 0.6 is 22.9 Å². The Morgan fingerprint density at radius 2 is 1.93 bits per heavy atom. The lowest BCUT2D eigenvalue weighted by molar-refractivity contribution is -0.130. The molecule has 0 radical (unpaired) electrons. The summed E-state index contributed by atoms with van der Waals surface area (Å²) in [5, 5.41) is 6.55. The number of amides is 1. The molecule has 1 aliphatic heterocycles. The number of anilines is 3. The highest BCUT2D eigenvalue weighted by atomic mass is 35.5. The SMILES string of the molecule is O=C(Cc1csc(Nc2cccc(Cl)c2)n1)N1CCN(c2ncccn2)CC1. The van der Waals surface area contributed by atoms with E-state index in [2.05, 4.69) is 25.2 Å². The molecule has 3 aromatic rings. The number of hydrogen-bond acceptors (Lipinski definition) is 7. The molecule has 0 saturated carbocycles. The van der Waals surface area contributed by atoms with Gasteiger partial charge in [0.2, 0.25) is 11.9 Å². The maximum atomic E-state index is 12.6. The van der Waals surface area contributed by atoms with E-state index >= 15 is 0 Å². The number of aromatic nitrogens is 3. The number of nitrogens with zero attached hydrogens (tertiary/aromatic N) is 5. The lowest BCUT2D eigenvalue weighted by Crippen LogP contribution is -2.49. The van der Waals surface area contributed by atoms with Crippen LogP contribution in [-0.4, -0.2) is 51.9 Å². The molecule has 0 spiro atoms. The van der Waals surface area contributed by atoms with Crippen molar-refractivity contribution in [3.05, 3.63) is 58.8 Å². The standard InChI is InChI=1S/C19H19ClN6OS/c20-14-3-1-4-15(11-14)23-19-24-16(13-28-19)12-17(27)25-7-9-26(10-8-25)18-21-5-2-6-22-18/h1-6,11,13H,7-10,12H2,(H,23,24). The van der Waals surface area contributed by atoms with Crippen LogP contribution in [-0.2, 0) is 11.2 Å². The number of piperazine rings is 1. The highest BCUT2D eigenvalue weighted by Crippen LogP contribution is 2.23. The summed E-state index contributed by atoms with van der Waals surface area (Å²) in [6.45, 7) is 2.78. The topological polar surface area (TPSA) is 74.2 Å². The van der Waals surface area contributed by atoms with Crippen LogP contribution in [0, 0.1) is 0 Å². The Balaban J connectivity index is 1.30. The van der Waals surface area contributed by atoms with Crippen LogP contribution < -0.4 is 10.2 Å². The fourth-order valence-corrected chi connectivity index (χ4v) is 3.93. The largest absolute Gasteiger partial charge is 0.339 e. The van der Waals surface area contributed by atoms with Crippen LogP contribution in [0.5, 0.6) is 0 Å². The van der Waals surface area contributed by atoms with E-state index in [-0.39, 0.29) is 5.91 Å². The molecule has 1 N–H and O–H groups in total. The predicted octanol–water partition coefficient (Wildman–Crippen LogP) is 3.22. The number of halogens is 1. The molecule has 4 rings (SSSR count). The molecule has 3 heterocycles. The van der Waals surface area contributed by atoms with Gasteiger partial charge in [-0.25, -0.2) is 15.0 Å². The minimum atomic E-state index is 0.0910. The van der Waals surface area contributed by atoms with Gasteiger partial charge in [-0.1, -0.05) is 17.7 Å². The summed E-state index contributed by atoms with van der Waals surface area (Å²) >= 11 is 7.48. The van der Waals surface area contributed by atoms with Crippen molar-refractivity contribution in [2.24, 2.45) is 0 Å². The van der Waals surface area contributed by atoms with Gasteiger partial charge >= 0.3 is 0 Å². The van der Waals surface area contributed by atoms with E-state index in [9.17, 15) is 4.79 Å². The Morgan fingerprint density at radius 3 is 2.68 bits per heavy atom. The second-order valence-corrected chi connectivity index (χ2v) is 7.67. The van der Waals surface area contributed by atoms with Gasteiger partial charge in [-0.3, -0.25) is 4.79 Å². The first-order valence-corrected chi connectivity index (χ1v) is 10.2. The van der Waals surface area contributed by atoms with E-state index in [4.69, 9.17) is 11.6 Å². The van der Waals surface area contributed by atoms with Crippen LogP contribution in [0.2, 0.25) is 5.02 Å². The zero-order chi connectivity index (χ0) is 19.3. The van der Waals surface area contributed by atoms with Crippen molar-refractivity contribution in [3.63, 3.8) is 0 Å². The van der Waals surface area contributed by atoms with E-state index in [1.807, 2.05) is 34.5 Å². The van der Waals surface area contributed by atoms with E-state index in [1.165, 1.54) is 11.3 Å². The molecule has 1 fully saturated rings. The second-order valence-electron chi connectivity index (χ2n) is 6.37. The first-order valence-electron chi connectivity index (χ1n) is 8.94. The fraction of sp³-hybridized carbons (Fsp3) is 0.263. The molecule has 9 heteroatoms. The van der Waals surface area contributed by atoms with Crippen molar-refractivity contribution in [2.75, 3.05) is 36.4 Å². The highest BCUT2D eigenvalue weighted by Gasteiger charge is 2.23. The lowest BCUT2D eigenvalue weighted by Gasteiger charge is -2.34. The number of carbonyl (C=O) groups is 1. The quantitative estimate of drug-likeness (QED) is 0.691. The third kappa shape index (κ3) is 4.58. The molecule has 2 aromatic heterocycles. The summed E-state index contributed by atoms with van der Waals surface area (Å²) in [5.74, 6) is 0.805. The van der Waals surface area contributed by atoms with Gasteiger partial charge in [0.25, 0.3) is 0 Å². The van der Waals surface area contributed by atoms with Crippen LogP contribution in [0.15, 0.2) is 48.1 Å². The summed E-state index contributed by atoms with van der Waals surface area (Å²) in [6.07, 6.45) is 3.77. The summed E-state index contributed by atoms with van der Waals surface area (Å²) in [4.78, 5) is 29.7. The van der Waals surface area contributed by atoms with Crippen molar-refractivity contribution >= 4 is 45.6 Å². The number of benzene rings is 1. The van der Waals surface area contributed by atoms with E-state index < -0.39 is 0 Å². The number of hydrogen-bond donors (Lipinski definition) is 1. The van der Waals surface area contributed by atoms with Gasteiger partial charge < -0.3 is 15.1 Å². The van der Waals surface area contributed by atoms with Crippen molar-refractivity contribution in [1.82, 2.24) is 19.9 Å². The Morgan fingerprint density at radius 1 is 1.14 bits per heavy atom. The van der Waals surface area contributed by atoms with E-state index in [0.717, 1.165) is 29.6 Å². The first kappa shape index (κ1) is 18.6. The van der Waals surface area contributed by atoms with Crippen molar-refractivity contribution in [1.29, 1.82) is 0 Å². The van der Waals surface area contributed by atoms with Gasteiger partial charge in [0.15, 0.2) is 5.13 Å². The average Bonchev–Trinajstić information content (AvgIpc) is 3.15. The summed E-state index contributed by atoms with van der Waals surface area (Å²) < 4.78 is 0. The molecule has 1 amide bonds. The van der Waals surface area contributed by atoms with Crippen molar-refractivity contribution < 1.29 is 4.79 Å². The number of rotatable bonds is 5. The fourth-order valence-electron chi connectivity index (χ4n) is 3.01. The predicted molar refractivity (Wildman–Crippen MR) is 111 cm³/mol. The van der Waals surface area contributed by atoms with Gasteiger partial charge in [-0.15, -0.1) is 11.3 Å². The smallest absolute Gasteiger partial charge is 0.228 e. The monoisotopic (exact) mass is 414 g/mol. The Hall–Kier alpha value is -2.71. The van der Waals surface area contributed by atoms with Gasteiger partial charge in [0.1, 0.15) is 0 Å². The molecule has 1 aromatic carbocycles. The average molecular weight is 415 g/mol. The zero-order valence-corrected chi connectivity index (χ0v) is 16.7. The molecule has 0 unspecified atom stereocenters. The van der Waals surface area contributed by atoms with Crippen LogP contribution in [0.1, 0.15) is 5.69 Å². The number of nitrogens with one attached hydrogen (secondary N) is 1. The Labute approximate surface area is 172 Å². The Bertz CT molecular complexity index is 942. The van der Waals surface area contributed by atoms with E-state index in [1.54, 1.807) is 18.5 Å². The second kappa shape index (κ2) is 8.53. The molecule has 0 bridgehead atoms. The summed E-state index contributed by atoms with van der Waals surface area (Å²) in [7, 11) is 0. The van der Waals surface area contributed by atoms with Gasteiger partial charge in [-0.05, 0) is 24.3 Å². The molecule has 1 aliphatic rings. The molecule has 7 nitrogen and oxygen atoms in total. The maximum Gasteiger partial charge on any atom is 0.228 e. The van der Waals surface area contributed by atoms with E-state index in [0.29, 0.717) is 30.5 Å². The minimum Gasteiger partial charge on any atom is -0.339 e. The van der Waals surface area contributed by atoms with Crippen molar-refractivity contribution in [2.45, 2.75) is 6.42 Å². The third-order valence-corrected chi connectivity index (χ3v) is 5.47. The van der Waals surface area contributed by atoms with Gasteiger partial charge in [-0.2, -0.15) is 0 Å². The first-order chi connectivity index (χ1) is 13.7. The van der Waals surface area contributed by atoms with Crippen LogP contribution in [0.25, 0.3) is 0 Å². The number of carbonyl (C=O) groups excluding carboxylic acids is 1. The summed E-state index contributed by atoms with van der Waals surface area (Å²) in [6, 6.07) is 9.26. The molecular weight excluding hydrogens is 396 g/mol. The Kier molecular flexibility index (Phi) is 5.68. The van der Waals surface area contributed by atoms with Gasteiger partial charge in [0, 0.05) is 54.7 Å². The summed E-state index contributed by atoms with van der Waals surface area (Å²) in [5.41, 5.74) is 1.65. The van der Waals surface area contributed by atoms with Crippen LogP contribution in [0.3, 0.4) is 0 Å². The van der Waals surface area contributed by atoms with Crippen molar-refractivity contribution in [3.8, 4) is 0 Å². The maximum absolute atomic E-state index is 12.6. The third-order valence-electron chi connectivity index (χ3n) is 4.43. The molecule has 0 atom stereocenters. The normalized spacial score (nSPS) is 14.2. The van der Waals surface area contributed by atoms with Crippen LogP contribution in [0.4, 0.5) is 16.8 Å². The zero-order valence-electron chi connectivity index (χ0n) is 15.1. The minimum absolute atomic E-state index is 0.0910. The highest BCUT2D eigenvalue weighted by molar-refractivity contribution is 7.13. The van der Waals surface area contributed by atoms with Gasteiger partial charge in [0.05, 0.1) is 12.1 Å². The number of thiazole rings is 1. The molecule has 0 aliphatic carbocycles. The molecule has 1 saturated heterocycles. The molecular formula is C19H19ClN6OS.